The van der Waals surface area contributed by atoms with Gasteiger partial charge < -0.3 is 4.90 Å². The van der Waals surface area contributed by atoms with E-state index in [4.69, 9.17) is 0 Å². The quantitative estimate of drug-likeness (QED) is 0.807. The molecular formula is C19H25N3OS. The van der Waals surface area contributed by atoms with Crippen LogP contribution in [0, 0.1) is 0 Å². The van der Waals surface area contributed by atoms with Crippen LogP contribution in [0.15, 0.2) is 42.0 Å². The average Bonchev–Trinajstić information content (AvgIpc) is 3.15. The zero-order valence-electron chi connectivity index (χ0n) is 14.2. The number of thiophene rings is 1. The molecule has 0 aliphatic carbocycles. The normalized spacial score (nSPS) is 17.0. The van der Waals surface area contributed by atoms with Gasteiger partial charge in [-0.3, -0.25) is 14.7 Å². The SMILES string of the molecule is C[C@H](c1cccnc1)N1CCN(C(=O)CCCc2cccs2)CC1. The topological polar surface area (TPSA) is 36.4 Å². The molecule has 0 N–H and O–H groups in total. The highest BCUT2D eigenvalue weighted by atomic mass is 32.1. The molecule has 3 rings (SSSR count). The maximum absolute atomic E-state index is 12.4. The van der Waals surface area contributed by atoms with Crippen molar-refractivity contribution in [2.45, 2.75) is 32.2 Å². The van der Waals surface area contributed by atoms with Gasteiger partial charge in [0.2, 0.25) is 5.91 Å². The predicted molar refractivity (Wildman–Crippen MR) is 98.1 cm³/mol. The van der Waals surface area contributed by atoms with E-state index in [0.29, 0.717) is 18.4 Å². The third kappa shape index (κ3) is 4.42. The van der Waals surface area contributed by atoms with E-state index < -0.39 is 0 Å². The summed E-state index contributed by atoms with van der Waals surface area (Å²) in [5.41, 5.74) is 1.24. The second-order valence-corrected chi connectivity index (χ2v) is 7.34. The molecule has 1 amide bonds. The Morgan fingerprint density at radius 3 is 2.75 bits per heavy atom. The van der Waals surface area contributed by atoms with Gasteiger partial charge in [-0.2, -0.15) is 0 Å². The number of aryl methyl sites for hydroxylation is 1. The molecule has 0 radical (unpaired) electrons. The molecule has 1 saturated heterocycles. The molecule has 0 saturated carbocycles. The molecule has 1 aliphatic rings. The van der Waals surface area contributed by atoms with Crippen LogP contribution in [-0.2, 0) is 11.2 Å². The van der Waals surface area contributed by atoms with E-state index >= 15 is 0 Å². The van der Waals surface area contributed by atoms with Crippen LogP contribution in [0.25, 0.3) is 0 Å². The fraction of sp³-hybridized carbons (Fsp3) is 0.474. The molecule has 0 bridgehead atoms. The van der Waals surface area contributed by atoms with Crippen molar-refractivity contribution in [1.29, 1.82) is 0 Å². The standard InChI is InChI=1S/C19H25N3OS/c1-16(17-5-3-9-20-15-17)21-10-12-22(13-11-21)19(23)8-2-6-18-7-4-14-24-18/h3-5,7,9,14-16H,2,6,8,10-13H2,1H3/t16-/m1/s1. The second-order valence-electron chi connectivity index (χ2n) is 6.31. The van der Waals surface area contributed by atoms with Gasteiger partial charge in [-0.25, -0.2) is 0 Å². The van der Waals surface area contributed by atoms with E-state index in [2.05, 4.69) is 40.4 Å². The lowest BCUT2D eigenvalue weighted by molar-refractivity contribution is -0.133. The lowest BCUT2D eigenvalue weighted by atomic mass is 10.1. The lowest BCUT2D eigenvalue weighted by Crippen LogP contribution is -2.49. The lowest BCUT2D eigenvalue weighted by Gasteiger charge is -2.38. The first kappa shape index (κ1) is 17.1. The zero-order valence-corrected chi connectivity index (χ0v) is 15.0. The average molecular weight is 343 g/mol. The van der Waals surface area contributed by atoms with Gasteiger partial charge in [-0.05, 0) is 42.8 Å². The fourth-order valence-corrected chi connectivity index (χ4v) is 3.97. The first-order chi connectivity index (χ1) is 11.7. The van der Waals surface area contributed by atoms with Crippen molar-refractivity contribution in [3.05, 3.63) is 52.5 Å². The Labute approximate surface area is 148 Å². The van der Waals surface area contributed by atoms with Crippen LogP contribution in [0.5, 0.6) is 0 Å². The van der Waals surface area contributed by atoms with Crippen molar-refractivity contribution < 1.29 is 4.79 Å². The number of carbonyl (C=O) groups excluding carboxylic acids is 1. The maximum atomic E-state index is 12.4. The van der Waals surface area contributed by atoms with Gasteiger partial charge in [0.25, 0.3) is 0 Å². The Morgan fingerprint density at radius 2 is 2.08 bits per heavy atom. The Bertz CT molecular complexity index is 621. The van der Waals surface area contributed by atoms with Gasteiger partial charge in [0.1, 0.15) is 0 Å². The van der Waals surface area contributed by atoms with Gasteiger partial charge >= 0.3 is 0 Å². The third-order valence-electron chi connectivity index (χ3n) is 4.78. The van der Waals surface area contributed by atoms with Crippen molar-refractivity contribution in [1.82, 2.24) is 14.8 Å². The van der Waals surface area contributed by atoms with E-state index in [-0.39, 0.29) is 0 Å². The predicted octanol–water partition coefficient (Wildman–Crippen LogP) is 3.37. The Hall–Kier alpha value is -1.72. The molecule has 1 atom stereocenters. The molecule has 0 spiro atoms. The first-order valence-corrected chi connectivity index (χ1v) is 9.56. The monoisotopic (exact) mass is 343 g/mol. The summed E-state index contributed by atoms with van der Waals surface area (Å²) in [4.78, 5) is 22.4. The van der Waals surface area contributed by atoms with Crippen LogP contribution in [0.1, 0.15) is 36.2 Å². The van der Waals surface area contributed by atoms with Gasteiger partial charge in [0.15, 0.2) is 0 Å². The maximum Gasteiger partial charge on any atom is 0.222 e. The molecule has 2 aromatic rings. The van der Waals surface area contributed by atoms with Gasteiger partial charge in [-0.1, -0.05) is 12.1 Å². The summed E-state index contributed by atoms with van der Waals surface area (Å²) >= 11 is 1.77. The number of carbonyl (C=O) groups is 1. The molecule has 2 aromatic heterocycles. The molecule has 3 heterocycles. The number of piperazine rings is 1. The van der Waals surface area contributed by atoms with Crippen molar-refractivity contribution in [2.24, 2.45) is 0 Å². The number of rotatable bonds is 6. The van der Waals surface area contributed by atoms with Gasteiger partial charge in [0, 0.05) is 55.9 Å². The van der Waals surface area contributed by atoms with Crippen LogP contribution < -0.4 is 0 Å². The summed E-state index contributed by atoms with van der Waals surface area (Å²) in [6.45, 7) is 5.76. The minimum Gasteiger partial charge on any atom is -0.340 e. The minimum absolute atomic E-state index is 0.306. The summed E-state index contributed by atoms with van der Waals surface area (Å²) in [5.74, 6) is 0.306. The molecule has 4 nitrogen and oxygen atoms in total. The van der Waals surface area contributed by atoms with E-state index in [0.717, 1.165) is 39.0 Å². The Balaban J connectivity index is 1.42. The van der Waals surface area contributed by atoms with Crippen molar-refractivity contribution in [3.8, 4) is 0 Å². The summed E-state index contributed by atoms with van der Waals surface area (Å²) in [7, 11) is 0. The van der Waals surface area contributed by atoms with Crippen LogP contribution in [0.2, 0.25) is 0 Å². The van der Waals surface area contributed by atoms with E-state index in [9.17, 15) is 4.79 Å². The number of hydrogen-bond donors (Lipinski definition) is 0. The highest BCUT2D eigenvalue weighted by Gasteiger charge is 2.24. The van der Waals surface area contributed by atoms with Crippen molar-refractivity contribution in [2.75, 3.05) is 26.2 Å². The number of amides is 1. The number of nitrogens with zero attached hydrogens (tertiary/aromatic N) is 3. The smallest absolute Gasteiger partial charge is 0.222 e. The summed E-state index contributed by atoms with van der Waals surface area (Å²) in [6.07, 6.45) is 6.37. The van der Waals surface area contributed by atoms with E-state index in [1.54, 1.807) is 11.3 Å². The number of pyridine rings is 1. The molecule has 0 aromatic carbocycles. The molecule has 5 heteroatoms. The summed E-state index contributed by atoms with van der Waals surface area (Å²) in [5, 5.41) is 2.10. The molecule has 1 fully saturated rings. The Morgan fingerprint density at radius 1 is 1.25 bits per heavy atom. The highest BCUT2D eigenvalue weighted by molar-refractivity contribution is 7.09. The zero-order chi connectivity index (χ0) is 16.8. The molecule has 24 heavy (non-hydrogen) atoms. The summed E-state index contributed by atoms with van der Waals surface area (Å²) < 4.78 is 0. The Kier molecular flexibility index (Phi) is 5.99. The van der Waals surface area contributed by atoms with Crippen LogP contribution >= 0.6 is 11.3 Å². The molecule has 0 unspecified atom stereocenters. The number of aromatic nitrogens is 1. The summed E-state index contributed by atoms with van der Waals surface area (Å²) in [6, 6.07) is 8.69. The molecular weight excluding hydrogens is 318 g/mol. The van der Waals surface area contributed by atoms with Crippen molar-refractivity contribution >= 4 is 17.2 Å². The van der Waals surface area contributed by atoms with Crippen LogP contribution in [0.3, 0.4) is 0 Å². The fourth-order valence-electron chi connectivity index (χ4n) is 3.22. The van der Waals surface area contributed by atoms with Crippen LogP contribution in [-0.4, -0.2) is 46.9 Å². The minimum atomic E-state index is 0.306. The van der Waals surface area contributed by atoms with Gasteiger partial charge in [0.05, 0.1) is 0 Å². The largest absolute Gasteiger partial charge is 0.340 e. The van der Waals surface area contributed by atoms with E-state index in [1.807, 2.05) is 23.4 Å². The molecule has 128 valence electrons. The first-order valence-electron chi connectivity index (χ1n) is 8.68. The second kappa shape index (κ2) is 8.40. The van der Waals surface area contributed by atoms with Crippen LogP contribution in [0.4, 0.5) is 0 Å². The molecule has 1 aliphatic heterocycles. The van der Waals surface area contributed by atoms with Crippen molar-refractivity contribution in [3.63, 3.8) is 0 Å². The highest BCUT2D eigenvalue weighted by Crippen LogP contribution is 2.21. The number of hydrogen-bond acceptors (Lipinski definition) is 4. The third-order valence-corrected chi connectivity index (χ3v) is 5.71. The van der Waals surface area contributed by atoms with E-state index in [1.165, 1.54) is 10.4 Å². The van der Waals surface area contributed by atoms with Gasteiger partial charge in [-0.15, -0.1) is 11.3 Å².